The van der Waals surface area contributed by atoms with Crippen molar-refractivity contribution in [3.8, 4) is 0 Å². The van der Waals surface area contributed by atoms with Gasteiger partial charge in [-0.3, -0.25) is 14.4 Å². The number of alkyl halides is 2. The summed E-state index contributed by atoms with van der Waals surface area (Å²) < 4.78 is 19.4. The second-order valence-electron chi connectivity index (χ2n) is 3.63. The summed E-state index contributed by atoms with van der Waals surface area (Å²) in [6, 6.07) is 0. The Morgan fingerprint density at radius 3 is 2.65 bits per heavy atom. The fraction of sp³-hybridized carbons (Fsp3) is 0.778. The first-order valence-electron chi connectivity index (χ1n) is 5.01. The standard InChI is InChI=1S/C9H14FIN2O4/c1-4(14)12-9-7(10)8(16-5(2)15)6(3-11)17-13-9/h6-9,13H,3H2,1-2H3,(H,12,14)/t6-,7+,8-,9+/m1/s1. The van der Waals surface area contributed by atoms with Gasteiger partial charge in [0, 0.05) is 18.3 Å². The Bertz CT molecular complexity index is 305. The average molecular weight is 360 g/mol. The van der Waals surface area contributed by atoms with Gasteiger partial charge in [-0.2, -0.15) is 5.48 Å². The van der Waals surface area contributed by atoms with Crippen molar-refractivity contribution >= 4 is 34.5 Å². The number of rotatable bonds is 3. The minimum atomic E-state index is -1.56. The van der Waals surface area contributed by atoms with Crippen molar-refractivity contribution < 1.29 is 23.6 Å². The zero-order chi connectivity index (χ0) is 13.0. The molecular weight excluding hydrogens is 346 g/mol. The highest BCUT2D eigenvalue weighted by Gasteiger charge is 2.43. The summed E-state index contributed by atoms with van der Waals surface area (Å²) in [5, 5.41) is 2.34. The molecule has 0 bridgehead atoms. The van der Waals surface area contributed by atoms with Crippen molar-refractivity contribution in [1.29, 1.82) is 0 Å². The van der Waals surface area contributed by atoms with Gasteiger partial charge in [-0.25, -0.2) is 4.39 Å². The predicted molar refractivity (Wildman–Crippen MR) is 65.0 cm³/mol. The topological polar surface area (TPSA) is 76.7 Å². The molecule has 0 radical (unpaired) electrons. The number of carbonyl (C=O) groups is 2. The molecule has 0 unspecified atom stereocenters. The summed E-state index contributed by atoms with van der Waals surface area (Å²) in [6.07, 6.45) is -4.19. The Balaban J connectivity index is 2.72. The maximum Gasteiger partial charge on any atom is 0.303 e. The fourth-order valence-electron chi connectivity index (χ4n) is 1.47. The average Bonchev–Trinajstić information content (AvgIpc) is 2.23. The van der Waals surface area contributed by atoms with Crippen LogP contribution in [0.25, 0.3) is 0 Å². The van der Waals surface area contributed by atoms with Gasteiger partial charge in [-0.05, 0) is 0 Å². The van der Waals surface area contributed by atoms with Crippen LogP contribution >= 0.6 is 22.6 Å². The quantitative estimate of drug-likeness (QED) is 0.423. The Morgan fingerprint density at radius 2 is 2.18 bits per heavy atom. The molecule has 0 aliphatic carbocycles. The van der Waals surface area contributed by atoms with Crippen molar-refractivity contribution in [2.45, 2.75) is 38.4 Å². The SMILES string of the molecule is CC(=O)N[C@H]1NO[C@H](CI)[C@@H](OC(C)=O)[C@@H]1F. The van der Waals surface area contributed by atoms with E-state index in [1.807, 2.05) is 22.6 Å². The first-order chi connectivity index (χ1) is 7.95. The molecule has 1 amide bonds. The third kappa shape index (κ3) is 4.03. The second-order valence-corrected chi connectivity index (χ2v) is 4.51. The minimum absolute atomic E-state index is 0.400. The molecule has 1 saturated heterocycles. The third-order valence-corrected chi connectivity index (χ3v) is 3.03. The molecule has 1 rings (SSSR count). The molecular formula is C9H14FIN2O4. The van der Waals surface area contributed by atoms with Gasteiger partial charge >= 0.3 is 5.97 Å². The lowest BCUT2D eigenvalue weighted by atomic mass is 10.1. The summed E-state index contributed by atoms with van der Waals surface area (Å²) in [4.78, 5) is 26.9. The highest BCUT2D eigenvalue weighted by molar-refractivity contribution is 14.1. The van der Waals surface area contributed by atoms with Crippen LogP contribution in [0.5, 0.6) is 0 Å². The van der Waals surface area contributed by atoms with E-state index < -0.39 is 36.4 Å². The Hall–Kier alpha value is -0.480. The van der Waals surface area contributed by atoms with E-state index in [0.717, 1.165) is 0 Å². The first kappa shape index (κ1) is 14.6. The van der Waals surface area contributed by atoms with E-state index in [-0.39, 0.29) is 0 Å². The second kappa shape index (κ2) is 6.45. The van der Waals surface area contributed by atoms with E-state index in [9.17, 15) is 14.0 Å². The number of carbonyl (C=O) groups excluding carboxylic acids is 2. The number of hydroxylamine groups is 1. The number of hydrogen-bond donors (Lipinski definition) is 2. The molecule has 1 aliphatic rings. The molecule has 8 heteroatoms. The Labute approximate surface area is 112 Å². The van der Waals surface area contributed by atoms with Gasteiger partial charge in [0.05, 0.1) is 0 Å². The number of esters is 1. The summed E-state index contributed by atoms with van der Waals surface area (Å²) in [5.41, 5.74) is 2.40. The number of nitrogens with one attached hydrogen (secondary N) is 2. The van der Waals surface area contributed by atoms with Gasteiger partial charge in [0.1, 0.15) is 12.3 Å². The number of ether oxygens (including phenoxy) is 1. The lowest BCUT2D eigenvalue weighted by molar-refractivity contribution is -0.195. The van der Waals surface area contributed by atoms with Crippen LogP contribution in [0.15, 0.2) is 0 Å². The lowest BCUT2D eigenvalue weighted by Gasteiger charge is -2.37. The molecule has 0 aromatic heterocycles. The monoisotopic (exact) mass is 360 g/mol. The van der Waals surface area contributed by atoms with Crippen LogP contribution in [-0.2, 0) is 19.2 Å². The van der Waals surface area contributed by atoms with Gasteiger partial charge in [0.25, 0.3) is 0 Å². The maximum absolute atomic E-state index is 14.0. The summed E-state index contributed by atoms with van der Waals surface area (Å²) >= 11 is 2.00. The summed E-state index contributed by atoms with van der Waals surface area (Å²) in [6.45, 7) is 2.46. The van der Waals surface area contributed by atoms with Crippen LogP contribution in [-0.4, -0.2) is 40.8 Å². The molecule has 0 saturated carbocycles. The van der Waals surface area contributed by atoms with E-state index in [1.54, 1.807) is 0 Å². The molecule has 4 atom stereocenters. The highest BCUT2D eigenvalue weighted by atomic mass is 127. The van der Waals surface area contributed by atoms with Crippen molar-refractivity contribution in [3.63, 3.8) is 0 Å². The molecule has 17 heavy (non-hydrogen) atoms. The van der Waals surface area contributed by atoms with Crippen LogP contribution in [0, 0.1) is 0 Å². The van der Waals surface area contributed by atoms with Crippen molar-refractivity contribution in [2.75, 3.05) is 4.43 Å². The van der Waals surface area contributed by atoms with E-state index in [0.29, 0.717) is 4.43 Å². The Kier molecular flexibility index (Phi) is 5.53. The largest absolute Gasteiger partial charge is 0.456 e. The number of halogens is 2. The van der Waals surface area contributed by atoms with Crippen LogP contribution in [0.2, 0.25) is 0 Å². The molecule has 1 heterocycles. The van der Waals surface area contributed by atoms with E-state index in [4.69, 9.17) is 9.57 Å². The maximum atomic E-state index is 14.0. The molecule has 0 aromatic carbocycles. The zero-order valence-corrected chi connectivity index (χ0v) is 11.6. The zero-order valence-electron chi connectivity index (χ0n) is 9.41. The highest BCUT2D eigenvalue weighted by Crippen LogP contribution is 2.20. The van der Waals surface area contributed by atoms with Crippen molar-refractivity contribution in [3.05, 3.63) is 0 Å². The predicted octanol–water partition coefficient (Wildman–Crippen LogP) is 0.0568. The van der Waals surface area contributed by atoms with Gasteiger partial charge in [0.15, 0.2) is 12.3 Å². The first-order valence-corrected chi connectivity index (χ1v) is 6.53. The minimum Gasteiger partial charge on any atom is -0.456 e. The molecule has 6 nitrogen and oxygen atoms in total. The Morgan fingerprint density at radius 1 is 1.53 bits per heavy atom. The van der Waals surface area contributed by atoms with E-state index >= 15 is 0 Å². The molecule has 0 spiro atoms. The van der Waals surface area contributed by atoms with Gasteiger partial charge < -0.3 is 10.1 Å². The smallest absolute Gasteiger partial charge is 0.303 e. The molecule has 1 fully saturated rings. The van der Waals surface area contributed by atoms with Crippen LogP contribution in [0.1, 0.15) is 13.8 Å². The van der Waals surface area contributed by atoms with Crippen LogP contribution < -0.4 is 10.8 Å². The van der Waals surface area contributed by atoms with E-state index in [1.165, 1.54) is 13.8 Å². The van der Waals surface area contributed by atoms with Crippen molar-refractivity contribution in [2.24, 2.45) is 0 Å². The molecule has 2 N–H and O–H groups in total. The van der Waals surface area contributed by atoms with Gasteiger partial charge in [0.2, 0.25) is 5.91 Å². The van der Waals surface area contributed by atoms with Crippen molar-refractivity contribution in [1.82, 2.24) is 10.8 Å². The number of hydrogen-bond acceptors (Lipinski definition) is 5. The van der Waals surface area contributed by atoms with Gasteiger partial charge in [-0.1, -0.05) is 22.6 Å². The van der Waals surface area contributed by atoms with Crippen LogP contribution in [0.4, 0.5) is 4.39 Å². The lowest BCUT2D eigenvalue weighted by Crippen LogP contribution is -2.64. The van der Waals surface area contributed by atoms with E-state index in [2.05, 4.69) is 10.8 Å². The third-order valence-electron chi connectivity index (χ3n) is 2.16. The summed E-state index contributed by atoms with van der Waals surface area (Å²) in [7, 11) is 0. The van der Waals surface area contributed by atoms with Crippen LogP contribution in [0.3, 0.4) is 0 Å². The molecule has 0 aromatic rings. The number of amides is 1. The fourth-order valence-corrected chi connectivity index (χ4v) is 2.15. The molecule has 1 aliphatic heterocycles. The normalized spacial score (nSPS) is 32.9. The summed E-state index contributed by atoms with van der Waals surface area (Å²) in [5.74, 6) is -0.983. The molecule has 98 valence electrons. The van der Waals surface area contributed by atoms with Gasteiger partial charge in [-0.15, -0.1) is 0 Å².